The SMILES string of the molecule is CC(C)(C)c1ccc(N2B3c4cc(C(C)(C)C)ccc4-n4c5ccc(C(C)(C)C)cc5c5c6c(sc7ccccc76)c(c3c54)-c3cc4c(cc32)oc2cc3c(cc24)C(C)(C)CCC3(C)C)cc1. The van der Waals surface area contributed by atoms with Crippen LogP contribution in [0.3, 0.4) is 0 Å². The first-order valence-electron chi connectivity index (χ1n) is 24.7. The maximum atomic E-state index is 7.15. The van der Waals surface area contributed by atoms with Crippen molar-refractivity contribution in [2.75, 3.05) is 4.81 Å². The minimum absolute atomic E-state index is 0.00715. The van der Waals surface area contributed by atoms with Gasteiger partial charge in [-0.05, 0) is 133 Å². The van der Waals surface area contributed by atoms with Crippen LogP contribution < -0.4 is 15.7 Å². The van der Waals surface area contributed by atoms with Crippen molar-refractivity contribution in [2.45, 2.75) is 130 Å². The van der Waals surface area contributed by atoms with Gasteiger partial charge in [-0.3, -0.25) is 0 Å². The number of hydrogen-bond donors (Lipinski definition) is 0. The second-order valence-electron chi connectivity index (χ2n) is 24.9. The topological polar surface area (TPSA) is 21.3 Å². The number of nitrogens with zero attached hydrogens (tertiary/aromatic N) is 2. The lowest BCUT2D eigenvalue weighted by Gasteiger charge is -2.42. The van der Waals surface area contributed by atoms with E-state index in [4.69, 9.17) is 4.42 Å². The van der Waals surface area contributed by atoms with Crippen molar-refractivity contribution in [1.29, 1.82) is 0 Å². The minimum atomic E-state index is -0.105. The summed E-state index contributed by atoms with van der Waals surface area (Å²) in [4.78, 5) is 2.69. The first-order chi connectivity index (χ1) is 31.6. The van der Waals surface area contributed by atoms with Gasteiger partial charge in [0.25, 0.3) is 0 Å². The fraction of sp³-hybridized carbons (Fsp3) is 0.323. The Hall–Kier alpha value is -5.78. The number of hydrogen-bond acceptors (Lipinski definition) is 3. The van der Waals surface area contributed by atoms with Crippen LogP contribution in [0, 0.1) is 0 Å². The highest BCUT2D eigenvalue weighted by Crippen LogP contribution is 2.55. The number of benzene rings is 7. The van der Waals surface area contributed by atoms with Crippen LogP contribution in [0.4, 0.5) is 11.4 Å². The smallest absolute Gasteiger partial charge is 0.333 e. The number of aromatic nitrogens is 1. The van der Waals surface area contributed by atoms with E-state index in [1.807, 2.05) is 11.3 Å². The number of fused-ring (bicyclic) bond motifs is 17. The van der Waals surface area contributed by atoms with Gasteiger partial charge < -0.3 is 13.8 Å². The van der Waals surface area contributed by atoms with E-state index in [1.54, 1.807) is 0 Å². The van der Waals surface area contributed by atoms with Crippen LogP contribution in [0.1, 0.15) is 131 Å². The lowest BCUT2D eigenvalue weighted by molar-refractivity contribution is 0.332. The van der Waals surface area contributed by atoms with E-state index in [0.717, 1.165) is 11.2 Å². The molecule has 13 rings (SSSR count). The average molecular weight is 893 g/mol. The molecule has 0 saturated carbocycles. The molecule has 10 aromatic rings. The van der Waals surface area contributed by atoms with Gasteiger partial charge >= 0.3 is 6.85 Å². The predicted octanol–water partition coefficient (Wildman–Crippen LogP) is 16.5. The molecule has 67 heavy (non-hydrogen) atoms. The highest BCUT2D eigenvalue weighted by atomic mass is 32.1. The molecule has 3 aliphatic rings. The van der Waals surface area contributed by atoms with Crippen LogP contribution in [-0.2, 0) is 27.1 Å². The molecular formula is C62H61BN2OS. The first-order valence-corrected chi connectivity index (χ1v) is 25.5. The quantitative estimate of drug-likeness (QED) is 0.153. The molecule has 0 amide bonds. The summed E-state index contributed by atoms with van der Waals surface area (Å²) in [6.45, 7) is 30.6. The first kappa shape index (κ1) is 41.4. The summed E-state index contributed by atoms with van der Waals surface area (Å²) in [5.41, 5.74) is 20.7. The number of rotatable bonds is 1. The van der Waals surface area contributed by atoms with E-state index < -0.39 is 0 Å². The van der Waals surface area contributed by atoms with Gasteiger partial charge in [0.2, 0.25) is 0 Å². The molecule has 0 fully saturated rings. The fourth-order valence-corrected chi connectivity index (χ4v) is 13.7. The van der Waals surface area contributed by atoms with E-state index in [2.05, 4.69) is 209 Å². The fourth-order valence-electron chi connectivity index (χ4n) is 12.4. The molecule has 5 heterocycles. The third kappa shape index (κ3) is 5.64. The molecule has 0 atom stereocenters. The Morgan fingerprint density at radius 3 is 1.88 bits per heavy atom. The molecule has 5 heteroatoms. The molecule has 0 N–H and O–H groups in total. The highest BCUT2D eigenvalue weighted by molar-refractivity contribution is 7.27. The van der Waals surface area contributed by atoms with Crippen molar-refractivity contribution >= 4 is 104 Å². The Morgan fingerprint density at radius 1 is 0.567 bits per heavy atom. The lowest BCUT2D eigenvalue weighted by atomic mass is 9.43. The Bertz CT molecular complexity index is 3810. The van der Waals surface area contributed by atoms with Crippen LogP contribution in [0.25, 0.3) is 80.7 Å². The Balaban J connectivity index is 1.25. The second kappa shape index (κ2) is 13.1. The van der Waals surface area contributed by atoms with Crippen molar-refractivity contribution < 1.29 is 4.42 Å². The van der Waals surface area contributed by atoms with Crippen LogP contribution in [0.15, 0.2) is 114 Å². The number of anilines is 2. The molecule has 0 radical (unpaired) electrons. The summed E-state index contributed by atoms with van der Waals surface area (Å²) in [7, 11) is 0. The Kier molecular flexibility index (Phi) is 8.07. The van der Waals surface area contributed by atoms with E-state index in [-0.39, 0.29) is 33.9 Å². The molecule has 7 aromatic carbocycles. The van der Waals surface area contributed by atoms with Gasteiger partial charge in [0.05, 0.1) is 11.0 Å². The normalized spacial score (nSPS) is 16.5. The monoisotopic (exact) mass is 892 g/mol. The summed E-state index contributed by atoms with van der Waals surface area (Å²) in [6.07, 6.45) is 2.34. The van der Waals surface area contributed by atoms with Crippen LogP contribution in [-0.4, -0.2) is 11.4 Å². The van der Waals surface area contributed by atoms with Crippen LogP contribution >= 0.6 is 11.3 Å². The van der Waals surface area contributed by atoms with Crippen molar-refractivity contribution in [1.82, 2.24) is 4.57 Å². The summed E-state index contributed by atoms with van der Waals surface area (Å²) >= 11 is 1.98. The van der Waals surface area contributed by atoms with Gasteiger partial charge in [-0.2, -0.15) is 0 Å². The molecule has 3 aromatic heterocycles. The minimum Gasteiger partial charge on any atom is -0.456 e. The second-order valence-corrected chi connectivity index (χ2v) is 25.9. The molecule has 3 nitrogen and oxygen atoms in total. The zero-order chi connectivity index (χ0) is 46.6. The number of furan rings is 1. The maximum Gasteiger partial charge on any atom is 0.333 e. The lowest BCUT2D eigenvalue weighted by Crippen LogP contribution is -2.60. The summed E-state index contributed by atoms with van der Waals surface area (Å²) in [5.74, 6) is 0. The largest absolute Gasteiger partial charge is 0.456 e. The summed E-state index contributed by atoms with van der Waals surface area (Å²) in [6, 6.07) is 43.2. The highest BCUT2D eigenvalue weighted by Gasteiger charge is 2.47. The van der Waals surface area contributed by atoms with E-state index in [0.29, 0.717) is 0 Å². The van der Waals surface area contributed by atoms with Crippen LogP contribution in [0.2, 0.25) is 0 Å². The molecule has 0 unspecified atom stereocenters. The van der Waals surface area contributed by atoms with Crippen molar-refractivity contribution in [3.8, 4) is 16.8 Å². The van der Waals surface area contributed by atoms with E-state index >= 15 is 0 Å². The Labute approximate surface area is 399 Å². The standard InChI is InChI=1S/C62H61BN2OS/c1-58(2,3)34-18-22-37(23-19-34)65-48-33-50-39(40-31-43-44(32-49(40)66-50)62(12,13)27-26-61(43,10)11)30-42(48)54-55-56-52(53-38-16-14-15-17-51(38)67-57(53)54)41-28-35(59(4,5)6)20-24-46(41)64(56)47-25-21-36(60(7,8)9)29-45(47)63(55)65/h14-25,28-33H,26-27H2,1-13H3. The van der Waals surface area contributed by atoms with Gasteiger partial charge in [0.15, 0.2) is 0 Å². The average Bonchev–Trinajstić information content (AvgIpc) is 3.94. The van der Waals surface area contributed by atoms with Gasteiger partial charge in [0.1, 0.15) is 11.2 Å². The van der Waals surface area contributed by atoms with Gasteiger partial charge in [0, 0.05) is 76.0 Å². The zero-order valence-corrected chi connectivity index (χ0v) is 42.4. The third-order valence-electron chi connectivity index (χ3n) is 16.5. The van der Waals surface area contributed by atoms with Crippen LogP contribution in [0.5, 0.6) is 0 Å². The van der Waals surface area contributed by atoms with Crippen molar-refractivity contribution in [3.05, 3.63) is 137 Å². The molecule has 0 bridgehead atoms. The molecule has 334 valence electrons. The number of thiophene rings is 1. The van der Waals surface area contributed by atoms with E-state index in [1.165, 1.54) is 133 Å². The third-order valence-corrected chi connectivity index (χ3v) is 17.7. The molecule has 0 saturated heterocycles. The van der Waals surface area contributed by atoms with E-state index in [9.17, 15) is 0 Å². The molecular weight excluding hydrogens is 832 g/mol. The molecule has 1 aliphatic carbocycles. The van der Waals surface area contributed by atoms with Crippen molar-refractivity contribution in [3.63, 3.8) is 0 Å². The van der Waals surface area contributed by atoms with Gasteiger partial charge in [-0.1, -0.05) is 139 Å². The van der Waals surface area contributed by atoms with Gasteiger partial charge in [-0.15, -0.1) is 11.3 Å². The van der Waals surface area contributed by atoms with Crippen molar-refractivity contribution in [2.24, 2.45) is 0 Å². The molecule has 2 aliphatic heterocycles. The maximum absolute atomic E-state index is 7.15. The summed E-state index contributed by atoms with van der Waals surface area (Å²) < 4.78 is 12.5. The van der Waals surface area contributed by atoms with Gasteiger partial charge in [-0.25, -0.2) is 0 Å². The Morgan fingerprint density at radius 2 is 1.18 bits per heavy atom. The predicted molar refractivity (Wildman–Crippen MR) is 291 cm³/mol. The zero-order valence-electron chi connectivity index (χ0n) is 41.6. The summed E-state index contributed by atoms with van der Waals surface area (Å²) in [5, 5.41) is 7.84. The molecule has 0 spiro atoms.